The van der Waals surface area contributed by atoms with Crippen LogP contribution in [0.3, 0.4) is 0 Å². The van der Waals surface area contributed by atoms with Gasteiger partial charge in [0.2, 0.25) is 0 Å². The number of rotatable bonds is 4. The minimum atomic E-state index is -0.188. The number of hydrogen-bond donors (Lipinski definition) is 1. The normalized spacial score (nSPS) is 18.8. The van der Waals surface area contributed by atoms with Gasteiger partial charge in [-0.25, -0.2) is 0 Å². The molecule has 1 aliphatic heterocycles. The third-order valence-corrected chi connectivity index (χ3v) is 1.88. The zero-order chi connectivity index (χ0) is 8.97. The zero-order valence-corrected chi connectivity index (χ0v) is 7.32. The van der Waals surface area contributed by atoms with Gasteiger partial charge in [-0.3, -0.25) is 9.69 Å². The maximum atomic E-state index is 10.9. The van der Waals surface area contributed by atoms with Crippen molar-refractivity contribution in [1.82, 2.24) is 4.90 Å². The van der Waals surface area contributed by atoms with Crippen LogP contribution < -0.4 is 0 Å². The molecule has 0 saturated carbocycles. The number of ether oxygens (including phenoxy) is 1. The topological polar surface area (TPSA) is 49.8 Å². The minimum Gasteiger partial charge on any atom is -0.466 e. The Labute approximate surface area is 72.1 Å². The van der Waals surface area contributed by atoms with Gasteiger partial charge in [0, 0.05) is 19.6 Å². The van der Waals surface area contributed by atoms with Crippen molar-refractivity contribution in [2.45, 2.75) is 19.4 Å². The second-order valence-electron chi connectivity index (χ2n) is 2.97. The molecule has 0 aromatic carbocycles. The summed E-state index contributed by atoms with van der Waals surface area (Å²) in [7, 11) is 0. The summed E-state index contributed by atoms with van der Waals surface area (Å²) in [5.74, 6) is -0.154. The molecular formula is C8H15NO3. The van der Waals surface area contributed by atoms with Gasteiger partial charge in [0.15, 0.2) is 0 Å². The van der Waals surface area contributed by atoms with Crippen molar-refractivity contribution in [3.05, 3.63) is 0 Å². The average Bonchev–Trinajstić information content (AvgIpc) is 1.96. The molecule has 1 heterocycles. The van der Waals surface area contributed by atoms with Crippen molar-refractivity contribution in [1.29, 1.82) is 0 Å². The fourth-order valence-corrected chi connectivity index (χ4v) is 1.21. The summed E-state index contributed by atoms with van der Waals surface area (Å²) in [5.41, 5.74) is 0. The number of carbonyl (C=O) groups is 1. The number of esters is 1. The number of aliphatic hydroxyl groups is 1. The third kappa shape index (κ3) is 2.79. The number of hydrogen-bond acceptors (Lipinski definition) is 4. The van der Waals surface area contributed by atoms with E-state index in [9.17, 15) is 4.79 Å². The predicted octanol–water partition coefficient (Wildman–Crippen LogP) is -0.384. The predicted molar refractivity (Wildman–Crippen MR) is 43.7 cm³/mol. The lowest BCUT2D eigenvalue weighted by Gasteiger charge is -2.35. The Bertz CT molecular complexity index is 154. The monoisotopic (exact) mass is 173 g/mol. The van der Waals surface area contributed by atoms with E-state index in [-0.39, 0.29) is 12.1 Å². The van der Waals surface area contributed by atoms with E-state index in [1.165, 1.54) is 0 Å². The fraction of sp³-hybridized carbons (Fsp3) is 0.875. The molecule has 1 saturated heterocycles. The van der Waals surface area contributed by atoms with Gasteiger partial charge in [0.05, 0.1) is 19.1 Å². The lowest BCUT2D eigenvalue weighted by atomic mass is 10.1. The van der Waals surface area contributed by atoms with Crippen LogP contribution in [0.25, 0.3) is 0 Å². The standard InChI is InChI=1S/C8H15NO3/c1-2-12-8(11)3-4-9-5-7(10)6-9/h7,10H,2-6H2,1H3. The van der Waals surface area contributed by atoms with Gasteiger partial charge in [0.25, 0.3) is 0 Å². The molecule has 1 aliphatic rings. The highest BCUT2D eigenvalue weighted by molar-refractivity contribution is 5.69. The minimum absolute atomic E-state index is 0.154. The molecule has 0 unspecified atom stereocenters. The molecule has 0 aromatic rings. The van der Waals surface area contributed by atoms with E-state index in [0.717, 1.165) is 0 Å². The van der Waals surface area contributed by atoms with Crippen molar-refractivity contribution >= 4 is 5.97 Å². The lowest BCUT2D eigenvalue weighted by Crippen LogP contribution is -2.51. The van der Waals surface area contributed by atoms with Crippen molar-refractivity contribution in [3.8, 4) is 0 Å². The molecule has 0 amide bonds. The smallest absolute Gasteiger partial charge is 0.307 e. The second kappa shape index (κ2) is 4.42. The molecule has 0 atom stereocenters. The Balaban J connectivity index is 1.98. The first-order valence-corrected chi connectivity index (χ1v) is 4.28. The van der Waals surface area contributed by atoms with Gasteiger partial charge in [0.1, 0.15) is 0 Å². The molecule has 0 aliphatic carbocycles. The highest BCUT2D eigenvalue weighted by Crippen LogP contribution is 2.07. The second-order valence-corrected chi connectivity index (χ2v) is 2.97. The highest BCUT2D eigenvalue weighted by Gasteiger charge is 2.24. The van der Waals surface area contributed by atoms with E-state index >= 15 is 0 Å². The number of carbonyl (C=O) groups excluding carboxylic acids is 1. The van der Waals surface area contributed by atoms with Gasteiger partial charge in [-0.2, -0.15) is 0 Å². The zero-order valence-electron chi connectivity index (χ0n) is 7.32. The molecule has 0 bridgehead atoms. The molecule has 1 fully saturated rings. The highest BCUT2D eigenvalue weighted by atomic mass is 16.5. The van der Waals surface area contributed by atoms with E-state index in [1.807, 2.05) is 4.90 Å². The van der Waals surface area contributed by atoms with E-state index in [1.54, 1.807) is 6.92 Å². The van der Waals surface area contributed by atoms with Gasteiger partial charge in [-0.1, -0.05) is 0 Å². The van der Waals surface area contributed by atoms with Crippen molar-refractivity contribution in [3.63, 3.8) is 0 Å². The summed E-state index contributed by atoms with van der Waals surface area (Å²) in [5, 5.41) is 8.93. The summed E-state index contributed by atoms with van der Waals surface area (Å²) in [6, 6.07) is 0. The Morgan fingerprint density at radius 1 is 1.67 bits per heavy atom. The summed E-state index contributed by atoms with van der Waals surface area (Å²) in [6.45, 7) is 4.33. The molecule has 4 nitrogen and oxygen atoms in total. The van der Waals surface area contributed by atoms with Crippen LogP contribution >= 0.6 is 0 Å². The van der Waals surface area contributed by atoms with Crippen LogP contribution in [0.15, 0.2) is 0 Å². The summed E-state index contributed by atoms with van der Waals surface area (Å²) in [6.07, 6.45) is 0.243. The van der Waals surface area contributed by atoms with E-state index in [4.69, 9.17) is 9.84 Å². The number of nitrogens with zero attached hydrogens (tertiary/aromatic N) is 1. The molecule has 1 N–H and O–H groups in total. The van der Waals surface area contributed by atoms with Crippen LogP contribution in [0.5, 0.6) is 0 Å². The lowest BCUT2D eigenvalue weighted by molar-refractivity contribution is -0.144. The maximum Gasteiger partial charge on any atom is 0.307 e. The van der Waals surface area contributed by atoms with Crippen molar-refractivity contribution in [2.24, 2.45) is 0 Å². The fourth-order valence-electron chi connectivity index (χ4n) is 1.21. The largest absolute Gasteiger partial charge is 0.466 e. The first-order chi connectivity index (χ1) is 5.72. The average molecular weight is 173 g/mol. The first-order valence-electron chi connectivity index (χ1n) is 4.28. The van der Waals surface area contributed by atoms with Crippen molar-refractivity contribution < 1.29 is 14.6 Å². The van der Waals surface area contributed by atoms with Crippen LogP contribution in [0.2, 0.25) is 0 Å². The van der Waals surface area contributed by atoms with Gasteiger partial charge >= 0.3 is 5.97 Å². The molecule has 0 spiro atoms. The molecule has 12 heavy (non-hydrogen) atoms. The van der Waals surface area contributed by atoms with Crippen LogP contribution in [-0.2, 0) is 9.53 Å². The Hall–Kier alpha value is -0.610. The number of likely N-dealkylation sites (tertiary alicyclic amines) is 1. The van der Waals surface area contributed by atoms with Crippen LogP contribution in [-0.4, -0.2) is 48.3 Å². The summed E-state index contributed by atoms with van der Waals surface area (Å²) in [4.78, 5) is 12.9. The first kappa shape index (κ1) is 9.48. The van der Waals surface area contributed by atoms with Crippen molar-refractivity contribution in [2.75, 3.05) is 26.2 Å². The molecule has 70 valence electrons. The molecular weight excluding hydrogens is 158 g/mol. The molecule has 1 rings (SSSR count). The number of β-amino-alcohol motifs (C(OH)–C–C–N with tert-alkyl or cyclic N) is 1. The Morgan fingerprint density at radius 2 is 2.33 bits per heavy atom. The van der Waals surface area contributed by atoms with Gasteiger partial charge in [-0.15, -0.1) is 0 Å². The maximum absolute atomic E-state index is 10.9. The van der Waals surface area contributed by atoms with Gasteiger partial charge < -0.3 is 9.84 Å². The van der Waals surface area contributed by atoms with E-state index < -0.39 is 0 Å². The van der Waals surface area contributed by atoms with Gasteiger partial charge in [-0.05, 0) is 6.92 Å². The van der Waals surface area contributed by atoms with E-state index in [2.05, 4.69) is 0 Å². The molecule has 4 heteroatoms. The Kier molecular flexibility index (Phi) is 3.49. The molecule has 0 aromatic heterocycles. The SMILES string of the molecule is CCOC(=O)CCN1CC(O)C1. The van der Waals surface area contributed by atoms with Crippen LogP contribution in [0.4, 0.5) is 0 Å². The third-order valence-electron chi connectivity index (χ3n) is 1.88. The van der Waals surface area contributed by atoms with Crippen LogP contribution in [0.1, 0.15) is 13.3 Å². The van der Waals surface area contributed by atoms with E-state index in [0.29, 0.717) is 32.7 Å². The molecule has 0 radical (unpaired) electrons. The quantitative estimate of drug-likeness (QED) is 0.588. The summed E-state index contributed by atoms with van der Waals surface area (Å²) >= 11 is 0. The Morgan fingerprint density at radius 3 is 2.83 bits per heavy atom. The van der Waals surface area contributed by atoms with Crippen LogP contribution in [0, 0.1) is 0 Å². The number of aliphatic hydroxyl groups excluding tert-OH is 1. The summed E-state index contributed by atoms with van der Waals surface area (Å²) < 4.78 is 4.76.